The minimum atomic E-state index is 0.808. The van der Waals surface area contributed by atoms with E-state index in [1.165, 1.54) is 0 Å². The Bertz CT molecular complexity index is 552. The molecule has 0 unspecified atom stereocenters. The zero-order valence-corrected chi connectivity index (χ0v) is 11.0. The Balaban J connectivity index is 2.41. The summed E-state index contributed by atoms with van der Waals surface area (Å²) in [5.41, 5.74) is 10.1. The van der Waals surface area contributed by atoms with Crippen LogP contribution in [0.25, 0.3) is 0 Å². The highest BCUT2D eigenvalue weighted by Gasteiger charge is 2.09. The van der Waals surface area contributed by atoms with Crippen molar-refractivity contribution >= 4 is 17.1 Å². The molecule has 0 aromatic heterocycles. The first-order chi connectivity index (χ1) is 8.63. The van der Waals surface area contributed by atoms with Crippen LogP contribution in [0.2, 0.25) is 0 Å². The van der Waals surface area contributed by atoms with Crippen LogP contribution in [-0.4, -0.2) is 14.2 Å². The Labute approximate surface area is 108 Å². The fraction of sp³-hybridized carbons (Fsp3) is 0.200. The summed E-state index contributed by atoms with van der Waals surface area (Å²) in [6.45, 7) is 2.01. The number of anilines is 3. The summed E-state index contributed by atoms with van der Waals surface area (Å²) in [7, 11) is 3.67. The Kier molecular flexibility index (Phi) is 3.42. The first-order valence-electron chi connectivity index (χ1n) is 5.86. The first kappa shape index (κ1) is 12.3. The molecule has 2 rings (SSSR count). The number of methoxy groups -OCH3 is 1. The molecule has 0 spiro atoms. The largest absolute Gasteiger partial charge is 0.497 e. The summed E-state index contributed by atoms with van der Waals surface area (Å²) in [5.74, 6) is 0.838. The van der Waals surface area contributed by atoms with Crippen molar-refractivity contribution in [2.24, 2.45) is 0 Å². The molecule has 0 radical (unpaired) electrons. The quantitative estimate of drug-likeness (QED) is 0.839. The van der Waals surface area contributed by atoms with Crippen LogP contribution in [-0.2, 0) is 0 Å². The maximum absolute atomic E-state index is 6.12. The second-order valence-corrected chi connectivity index (χ2v) is 4.27. The Morgan fingerprint density at radius 2 is 1.83 bits per heavy atom. The predicted molar refractivity (Wildman–Crippen MR) is 76.6 cm³/mol. The van der Waals surface area contributed by atoms with Crippen LogP contribution in [0, 0.1) is 6.92 Å². The molecule has 0 aliphatic heterocycles. The Morgan fingerprint density at radius 3 is 2.56 bits per heavy atom. The van der Waals surface area contributed by atoms with Crippen LogP contribution >= 0.6 is 0 Å². The van der Waals surface area contributed by atoms with Crippen LogP contribution in [0.3, 0.4) is 0 Å². The van der Waals surface area contributed by atoms with Gasteiger partial charge in [-0.25, -0.2) is 0 Å². The number of benzene rings is 2. The molecule has 0 atom stereocenters. The molecule has 18 heavy (non-hydrogen) atoms. The van der Waals surface area contributed by atoms with Crippen molar-refractivity contribution in [1.29, 1.82) is 0 Å². The van der Waals surface area contributed by atoms with Crippen molar-refractivity contribution in [2.75, 3.05) is 24.8 Å². The number of rotatable bonds is 3. The first-order valence-corrected chi connectivity index (χ1v) is 5.86. The molecule has 0 aliphatic carbocycles. The van der Waals surface area contributed by atoms with Gasteiger partial charge in [-0.05, 0) is 30.7 Å². The van der Waals surface area contributed by atoms with E-state index in [-0.39, 0.29) is 0 Å². The van der Waals surface area contributed by atoms with Crippen molar-refractivity contribution in [3.8, 4) is 5.75 Å². The van der Waals surface area contributed by atoms with Crippen molar-refractivity contribution in [3.63, 3.8) is 0 Å². The van der Waals surface area contributed by atoms with Crippen LogP contribution < -0.4 is 15.4 Å². The molecule has 0 saturated carbocycles. The van der Waals surface area contributed by atoms with E-state index in [1.807, 2.05) is 56.4 Å². The van der Waals surface area contributed by atoms with E-state index in [9.17, 15) is 0 Å². The molecule has 0 heterocycles. The molecule has 0 saturated heterocycles. The molecule has 3 nitrogen and oxygen atoms in total. The van der Waals surface area contributed by atoms with Gasteiger partial charge in [0.15, 0.2) is 0 Å². The third-order valence-corrected chi connectivity index (χ3v) is 3.10. The lowest BCUT2D eigenvalue weighted by Crippen LogP contribution is -2.12. The molecule has 0 amide bonds. The van der Waals surface area contributed by atoms with E-state index in [2.05, 4.69) is 4.90 Å². The normalized spacial score (nSPS) is 10.2. The minimum absolute atomic E-state index is 0.808. The molecule has 3 heteroatoms. The lowest BCUT2D eigenvalue weighted by molar-refractivity contribution is 0.415. The molecule has 2 aromatic carbocycles. The van der Waals surface area contributed by atoms with Crippen LogP contribution in [0.5, 0.6) is 5.75 Å². The number of aryl methyl sites for hydroxylation is 1. The second-order valence-electron chi connectivity index (χ2n) is 4.27. The summed E-state index contributed by atoms with van der Waals surface area (Å²) in [4.78, 5) is 2.06. The standard InChI is InChI=1S/C15H18N2O/c1-11-6-4-9-14(15(11)16)17(2)12-7-5-8-13(10-12)18-3/h4-10H,16H2,1-3H3. The highest BCUT2D eigenvalue weighted by Crippen LogP contribution is 2.32. The summed E-state index contributed by atoms with van der Waals surface area (Å²) in [5, 5.41) is 0. The van der Waals surface area contributed by atoms with Gasteiger partial charge in [0.1, 0.15) is 5.75 Å². The van der Waals surface area contributed by atoms with E-state index in [1.54, 1.807) is 7.11 Å². The topological polar surface area (TPSA) is 38.5 Å². The predicted octanol–water partition coefficient (Wildman–Crippen LogP) is 3.35. The van der Waals surface area contributed by atoms with Crippen LogP contribution in [0.4, 0.5) is 17.1 Å². The zero-order chi connectivity index (χ0) is 13.1. The zero-order valence-electron chi connectivity index (χ0n) is 11.0. The summed E-state index contributed by atoms with van der Waals surface area (Å²) < 4.78 is 5.24. The van der Waals surface area contributed by atoms with Gasteiger partial charge in [0, 0.05) is 18.8 Å². The summed E-state index contributed by atoms with van der Waals surface area (Å²) in [6, 6.07) is 14.0. The molecular formula is C15H18N2O. The van der Waals surface area contributed by atoms with E-state index in [4.69, 9.17) is 10.5 Å². The average Bonchev–Trinajstić information content (AvgIpc) is 2.41. The number of para-hydroxylation sites is 1. The smallest absolute Gasteiger partial charge is 0.120 e. The fourth-order valence-electron chi connectivity index (χ4n) is 1.92. The number of nitrogen functional groups attached to an aromatic ring is 1. The second kappa shape index (κ2) is 5.00. The van der Waals surface area contributed by atoms with Gasteiger partial charge in [-0.1, -0.05) is 18.2 Å². The number of ether oxygens (including phenoxy) is 1. The van der Waals surface area contributed by atoms with Crippen molar-refractivity contribution in [1.82, 2.24) is 0 Å². The Hall–Kier alpha value is -2.16. The summed E-state index contributed by atoms with van der Waals surface area (Å²) >= 11 is 0. The minimum Gasteiger partial charge on any atom is -0.497 e. The van der Waals surface area contributed by atoms with Crippen molar-refractivity contribution in [3.05, 3.63) is 48.0 Å². The maximum atomic E-state index is 6.12. The molecule has 2 N–H and O–H groups in total. The fourth-order valence-corrected chi connectivity index (χ4v) is 1.92. The van der Waals surface area contributed by atoms with Gasteiger partial charge in [0.25, 0.3) is 0 Å². The van der Waals surface area contributed by atoms with Crippen LogP contribution in [0.1, 0.15) is 5.56 Å². The SMILES string of the molecule is COc1cccc(N(C)c2cccc(C)c2N)c1. The lowest BCUT2D eigenvalue weighted by Gasteiger charge is -2.22. The van der Waals surface area contributed by atoms with Crippen molar-refractivity contribution in [2.45, 2.75) is 6.92 Å². The van der Waals surface area contributed by atoms with Gasteiger partial charge in [0.2, 0.25) is 0 Å². The molecule has 0 aliphatic rings. The maximum Gasteiger partial charge on any atom is 0.120 e. The van der Waals surface area contributed by atoms with E-state index in [0.717, 1.165) is 28.4 Å². The number of hydrogen-bond acceptors (Lipinski definition) is 3. The van der Waals surface area contributed by atoms with Crippen LogP contribution in [0.15, 0.2) is 42.5 Å². The van der Waals surface area contributed by atoms with Gasteiger partial charge < -0.3 is 15.4 Å². The number of nitrogens with zero attached hydrogens (tertiary/aromatic N) is 1. The molecule has 94 valence electrons. The van der Waals surface area contributed by atoms with Crippen molar-refractivity contribution < 1.29 is 4.74 Å². The highest BCUT2D eigenvalue weighted by molar-refractivity contribution is 5.76. The Morgan fingerprint density at radius 1 is 1.11 bits per heavy atom. The molecule has 0 fully saturated rings. The highest BCUT2D eigenvalue weighted by atomic mass is 16.5. The number of nitrogens with two attached hydrogens (primary N) is 1. The van der Waals surface area contributed by atoms with Gasteiger partial charge in [-0.15, -0.1) is 0 Å². The van der Waals surface area contributed by atoms with E-state index < -0.39 is 0 Å². The van der Waals surface area contributed by atoms with Gasteiger partial charge in [-0.2, -0.15) is 0 Å². The lowest BCUT2D eigenvalue weighted by atomic mass is 10.1. The molecule has 2 aromatic rings. The van der Waals surface area contributed by atoms with E-state index in [0.29, 0.717) is 0 Å². The monoisotopic (exact) mass is 242 g/mol. The number of hydrogen-bond donors (Lipinski definition) is 1. The van der Waals surface area contributed by atoms with Gasteiger partial charge in [0.05, 0.1) is 18.5 Å². The van der Waals surface area contributed by atoms with E-state index >= 15 is 0 Å². The molecular weight excluding hydrogens is 224 g/mol. The average molecular weight is 242 g/mol. The third-order valence-electron chi connectivity index (χ3n) is 3.10. The van der Waals surface area contributed by atoms with Gasteiger partial charge >= 0.3 is 0 Å². The van der Waals surface area contributed by atoms with Gasteiger partial charge in [-0.3, -0.25) is 0 Å². The molecule has 0 bridgehead atoms. The summed E-state index contributed by atoms with van der Waals surface area (Å²) in [6.07, 6.45) is 0. The third kappa shape index (κ3) is 2.25.